The molecule has 0 radical (unpaired) electrons. The Hall–Kier alpha value is -2.43. The van der Waals surface area contributed by atoms with Crippen molar-refractivity contribution >= 4 is 46.4 Å². The fourth-order valence-corrected chi connectivity index (χ4v) is 4.06. The molecule has 0 amide bonds. The standard InChI is InChI=1S/C26H23Cl2NO2.ClH/c1-30-25-9-5-3-7-19(25)15-29-16-23-22-8-4-2-6-18(22)11-13-26(23)31-17-20-10-12-21(27)14-24(20)28;/h2-14,29H,15-17H2,1H3;1H. The van der Waals surface area contributed by atoms with Gasteiger partial charge in [0.05, 0.1) is 7.11 Å². The molecule has 0 fully saturated rings. The Morgan fingerprint density at radius 1 is 0.781 bits per heavy atom. The second-order valence-electron chi connectivity index (χ2n) is 7.20. The molecule has 4 rings (SSSR count). The molecule has 1 N–H and O–H groups in total. The van der Waals surface area contributed by atoms with Crippen LogP contribution in [0.2, 0.25) is 10.0 Å². The van der Waals surface area contributed by atoms with Crippen LogP contribution >= 0.6 is 35.6 Å². The summed E-state index contributed by atoms with van der Waals surface area (Å²) in [6, 6.07) is 25.9. The fourth-order valence-electron chi connectivity index (χ4n) is 3.60. The second-order valence-corrected chi connectivity index (χ2v) is 8.05. The molecule has 0 spiro atoms. The predicted molar refractivity (Wildman–Crippen MR) is 136 cm³/mol. The number of nitrogens with one attached hydrogen (secondary N) is 1. The Labute approximate surface area is 204 Å². The van der Waals surface area contributed by atoms with Gasteiger partial charge in [-0.3, -0.25) is 0 Å². The van der Waals surface area contributed by atoms with E-state index in [9.17, 15) is 0 Å². The molecule has 4 aromatic rings. The summed E-state index contributed by atoms with van der Waals surface area (Å²) in [4.78, 5) is 0. The van der Waals surface area contributed by atoms with Crippen LogP contribution in [0.4, 0.5) is 0 Å². The molecule has 32 heavy (non-hydrogen) atoms. The van der Waals surface area contributed by atoms with Crippen LogP contribution in [0.15, 0.2) is 78.9 Å². The Morgan fingerprint density at radius 3 is 2.38 bits per heavy atom. The monoisotopic (exact) mass is 487 g/mol. The van der Waals surface area contributed by atoms with Gasteiger partial charge >= 0.3 is 0 Å². The lowest BCUT2D eigenvalue weighted by Gasteiger charge is -2.16. The van der Waals surface area contributed by atoms with Crippen LogP contribution in [0.5, 0.6) is 11.5 Å². The topological polar surface area (TPSA) is 30.5 Å². The number of methoxy groups -OCH3 is 1. The number of rotatable bonds is 8. The average Bonchev–Trinajstić information content (AvgIpc) is 2.79. The van der Waals surface area contributed by atoms with Crippen LogP contribution in [-0.2, 0) is 19.7 Å². The summed E-state index contributed by atoms with van der Waals surface area (Å²) in [5, 5.41) is 7.09. The summed E-state index contributed by atoms with van der Waals surface area (Å²) in [6.45, 7) is 1.71. The maximum atomic E-state index is 6.32. The zero-order valence-electron chi connectivity index (χ0n) is 17.6. The Balaban J connectivity index is 0.00000289. The molecule has 166 valence electrons. The Morgan fingerprint density at radius 2 is 1.56 bits per heavy atom. The SMILES string of the molecule is COc1ccccc1CNCc1c(OCc2ccc(Cl)cc2Cl)ccc2ccccc12.Cl. The first-order valence-corrected chi connectivity index (χ1v) is 10.8. The molecule has 0 heterocycles. The third kappa shape index (κ3) is 5.67. The number of hydrogen-bond donors (Lipinski definition) is 1. The van der Waals surface area contributed by atoms with Gasteiger partial charge in [-0.2, -0.15) is 0 Å². The van der Waals surface area contributed by atoms with Crippen LogP contribution < -0.4 is 14.8 Å². The summed E-state index contributed by atoms with van der Waals surface area (Å²) >= 11 is 12.3. The van der Waals surface area contributed by atoms with Crippen LogP contribution in [0, 0.1) is 0 Å². The lowest BCUT2D eigenvalue weighted by Crippen LogP contribution is -2.14. The summed E-state index contributed by atoms with van der Waals surface area (Å²) in [5.74, 6) is 1.71. The van der Waals surface area contributed by atoms with E-state index in [-0.39, 0.29) is 12.4 Å². The molecule has 4 aromatic carbocycles. The smallest absolute Gasteiger partial charge is 0.124 e. The lowest BCUT2D eigenvalue weighted by atomic mass is 10.0. The van der Waals surface area contributed by atoms with Gasteiger partial charge in [0.25, 0.3) is 0 Å². The highest BCUT2D eigenvalue weighted by atomic mass is 35.5. The first-order valence-electron chi connectivity index (χ1n) is 10.1. The van der Waals surface area contributed by atoms with Crippen molar-refractivity contribution in [1.82, 2.24) is 5.32 Å². The predicted octanol–water partition coefficient (Wildman–Crippen LogP) is 7.45. The molecule has 0 aromatic heterocycles. The third-order valence-electron chi connectivity index (χ3n) is 5.21. The van der Waals surface area contributed by atoms with Gasteiger partial charge in [0.1, 0.15) is 18.1 Å². The van der Waals surface area contributed by atoms with E-state index in [1.54, 1.807) is 13.2 Å². The summed E-state index contributed by atoms with van der Waals surface area (Å²) in [5.41, 5.74) is 3.12. The van der Waals surface area contributed by atoms with Crippen molar-refractivity contribution < 1.29 is 9.47 Å². The van der Waals surface area contributed by atoms with Crippen molar-refractivity contribution in [3.05, 3.63) is 106 Å². The molecule has 6 heteroatoms. The van der Waals surface area contributed by atoms with Gasteiger partial charge in [-0.1, -0.05) is 77.8 Å². The van der Waals surface area contributed by atoms with Crippen LogP contribution in [-0.4, -0.2) is 7.11 Å². The van der Waals surface area contributed by atoms with Crippen molar-refractivity contribution in [1.29, 1.82) is 0 Å². The minimum absolute atomic E-state index is 0. The van der Waals surface area contributed by atoms with E-state index in [2.05, 4.69) is 29.6 Å². The first-order chi connectivity index (χ1) is 15.2. The van der Waals surface area contributed by atoms with Crippen molar-refractivity contribution in [2.75, 3.05) is 7.11 Å². The average molecular weight is 489 g/mol. The first kappa shape index (κ1) is 24.2. The molecule has 3 nitrogen and oxygen atoms in total. The number of para-hydroxylation sites is 1. The fraction of sp³-hybridized carbons (Fsp3) is 0.154. The zero-order valence-corrected chi connectivity index (χ0v) is 19.9. The largest absolute Gasteiger partial charge is 0.496 e. The maximum absolute atomic E-state index is 6.32. The summed E-state index contributed by atoms with van der Waals surface area (Å²) < 4.78 is 11.7. The number of hydrogen-bond acceptors (Lipinski definition) is 3. The molecule has 0 saturated carbocycles. The molecule has 0 aliphatic rings. The Kier molecular flexibility index (Phi) is 8.66. The Bertz CT molecular complexity index is 1200. The van der Waals surface area contributed by atoms with E-state index in [0.717, 1.165) is 33.6 Å². The van der Waals surface area contributed by atoms with E-state index < -0.39 is 0 Å². The van der Waals surface area contributed by atoms with E-state index in [1.165, 1.54) is 5.39 Å². The van der Waals surface area contributed by atoms with Gasteiger partial charge < -0.3 is 14.8 Å². The summed E-state index contributed by atoms with van der Waals surface area (Å²) in [7, 11) is 1.69. The van der Waals surface area contributed by atoms with Gasteiger partial charge in [-0.05, 0) is 35.0 Å². The second kappa shape index (κ2) is 11.4. The van der Waals surface area contributed by atoms with E-state index in [1.807, 2.05) is 48.5 Å². The molecule has 0 aliphatic heterocycles. The molecule has 0 atom stereocenters. The maximum Gasteiger partial charge on any atom is 0.124 e. The van der Waals surface area contributed by atoms with Gasteiger partial charge in [0.2, 0.25) is 0 Å². The zero-order chi connectivity index (χ0) is 21.6. The van der Waals surface area contributed by atoms with E-state index >= 15 is 0 Å². The number of fused-ring (bicyclic) bond motifs is 1. The van der Waals surface area contributed by atoms with Gasteiger partial charge in [0, 0.05) is 39.8 Å². The molecular formula is C26H24Cl3NO2. The molecule has 0 unspecified atom stereocenters. The van der Waals surface area contributed by atoms with Crippen molar-refractivity contribution in [2.24, 2.45) is 0 Å². The van der Waals surface area contributed by atoms with Crippen LogP contribution in [0.3, 0.4) is 0 Å². The van der Waals surface area contributed by atoms with Gasteiger partial charge in [-0.25, -0.2) is 0 Å². The van der Waals surface area contributed by atoms with Crippen molar-refractivity contribution in [2.45, 2.75) is 19.7 Å². The van der Waals surface area contributed by atoms with Crippen LogP contribution in [0.1, 0.15) is 16.7 Å². The van der Waals surface area contributed by atoms with Crippen molar-refractivity contribution in [3.63, 3.8) is 0 Å². The quantitative estimate of drug-likeness (QED) is 0.279. The van der Waals surface area contributed by atoms with Gasteiger partial charge in [0.15, 0.2) is 0 Å². The minimum atomic E-state index is 0. The van der Waals surface area contributed by atoms with E-state index in [0.29, 0.717) is 29.7 Å². The van der Waals surface area contributed by atoms with Gasteiger partial charge in [-0.15, -0.1) is 12.4 Å². The highest BCUT2D eigenvalue weighted by Gasteiger charge is 2.11. The van der Waals surface area contributed by atoms with Crippen molar-refractivity contribution in [3.8, 4) is 11.5 Å². The molecule has 0 saturated heterocycles. The summed E-state index contributed by atoms with van der Waals surface area (Å²) in [6.07, 6.45) is 0. The molecule has 0 bridgehead atoms. The highest BCUT2D eigenvalue weighted by molar-refractivity contribution is 6.35. The third-order valence-corrected chi connectivity index (χ3v) is 5.79. The minimum Gasteiger partial charge on any atom is -0.496 e. The molecular weight excluding hydrogens is 465 g/mol. The number of ether oxygens (including phenoxy) is 2. The van der Waals surface area contributed by atoms with Crippen LogP contribution in [0.25, 0.3) is 10.8 Å². The highest BCUT2D eigenvalue weighted by Crippen LogP contribution is 2.30. The van der Waals surface area contributed by atoms with E-state index in [4.69, 9.17) is 32.7 Å². The number of benzene rings is 4. The molecule has 0 aliphatic carbocycles. The lowest BCUT2D eigenvalue weighted by molar-refractivity contribution is 0.303. The normalized spacial score (nSPS) is 10.6. The number of halogens is 3.